The number of pyridine rings is 1. The van der Waals surface area contributed by atoms with E-state index in [0.717, 1.165) is 24.6 Å². The molecule has 2 unspecified atom stereocenters. The molecule has 1 saturated heterocycles. The van der Waals surface area contributed by atoms with Crippen molar-refractivity contribution in [3.05, 3.63) is 18.3 Å². The number of hydrogen-bond donors (Lipinski definition) is 1. The summed E-state index contributed by atoms with van der Waals surface area (Å²) in [6.45, 7) is 6.44. The first-order chi connectivity index (χ1) is 8.70. The monoisotopic (exact) mass is 249 g/mol. The van der Waals surface area contributed by atoms with Gasteiger partial charge in [-0.2, -0.15) is 0 Å². The number of anilines is 2. The molecule has 1 aliphatic heterocycles. The van der Waals surface area contributed by atoms with Crippen molar-refractivity contribution in [3.8, 4) is 0 Å². The molecular weight excluding hydrogens is 226 g/mol. The van der Waals surface area contributed by atoms with E-state index in [1.165, 1.54) is 12.8 Å². The summed E-state index contributed by atoms with van der Waals surface area (Å²) >= 11 is 0. The largest absolute Gasteiger partial charge is 0.380 e. The Hall–Kier alpha value is -1.29. The molecule has 1 aromatic rings. The lowest BCUT2D eigenvalue weighted by Crippen LogP contribution is -2.29. The van der Waals surface area contributed by atoms with Crippen LogP contribution in [0.25, 0.3) is 0 Å². The molecule has 0 spiro atoms. The summed E-state index contributed by atoms with van der Waals surface area (Å²) in [5, 5.41) is 3.40. The number of nitrogens with one attached hydrogen (secondary N) is 1. The summed E-state index contributed by atoms with van der Waals surface area (Å²) in [6.07, 6.45) is 4.66. The van der Waals surface area contributed by atoms with Gasteiger partial charge in [0.25, 0.3) is 0 Å². The van der Waals surface area contributed by atoms with E-state index in [1.54, 1.807) is 7.11 Å². The van der Waals surface area contributed by atoms with Crippen LogP contribution in [-0.4, -0.2) is 37.3 Å². The number of hydrogen-bond acceptors (Lipinski definition) is 4. The highest BCUT2D eigenvalue weighted by atomic mass is 16.5. The van der Waals surface area contributed by atoms with Crippen molar-refractivity contribution < 1.29 is 4.74 Å². The van der Waals surface area contributed by atoms with Gasteiger partial charge in [0, 0.05) is 26.2 Å². The Kier molecular flexibility index (Phi) is 4.42. The molecule has 0 aromatic carbocycles. The summed E-state index contributed by atoms with van der Waals surface area (Å²) in [6, 6.07) is 4.46. The Balaban J connectivity index is 1.94. The normalized spacial score (nSPS) is 18.7. The van der Waals surface area contributed by atoms with Gasteiger partial charge < -0.3 is 15.0 Å². The average Bonchev–Trinajstić information content (AvgIpc) is 2.92. The van der Waals surface area contributed by atoms with E-state index in [-0.39, 0.29) is 12.1 Å². The molecule has 0 radical (unpaired) electrons. The van der Waals surface area contributed by atoms with Gasteiger partial charge in [0.05, 0.1) is 18.0 Å². The quantitative estimate of drug-likeness (QED) is 0.870. The summed E-state index contributed by atoms with van der Waals surface area (Å²) in [7, 11) is 1.73. The van der Waals surface area contributed by atoms with E-state index in [4.69, 9.17) is 4.74 Å². The minimum atomic E-state index is 0.184. The third-order valence-electron chi connectivity index (χ3n) is 3.65. The maximum atomic E-state index is 5.30. The second-order valence-electron chi connectivity index (χ2n) is 4.97. The summed E-state index contributed by atoms with van der Waals surface area (Å²) in [4.78, 5) is 6.86. The van der Waals surface area contributed by atoms with Crippen molar-refractivity contribution >= 4 is 11.5 Å². The Labute approximate surface area is 109 Å². The zero-order chi connectivity index (χ0) is 13.0. The third kappa shape index (κ3) is 3.13. The summed E-state index contributed by atoms with van der Waals surface area (Å²) in [5.41, 5.74) is 1.05. The second-order valence-corrected chi connectivity index (χ2v) is 4.97. The van der Waals surface area contributed by atoms with Crippen molar-refractivity contribution in [2.75, 3.05) is 30.4 Å². The van der Waals surface area contributed by atoms with Gasteiger partial charge in [0.2, 0.25) is 0 Å². The van der Waals surface area contributed by atoms with E-state index in [2.05, 4.69) is 41.2 Å². The molecule has 4 nitrogen and oxygen atoms in total. The fourth-order valence-corrected chi connectivity index (χ4v) is 2.19. The van der Waals surface area contributed by atoms with Crippen LogP contribution < -0.4 is 10.2 Å². The molecular formula is C14H23N3O. The van der Waals surface area contributed by atoms with Crippen LogP contribution in [-0.2, 0) is 4.74 Å². The molecule has 4 heteroatoms. The van der Waals surface area contributed by atoms with Crippen LogP contribution in [0, 0.1) is 0 Å². The van der Waals surface area contributed by atoms with Crippen molar-refractivity contribution in [1.29, 1.82) is 0 Å². The molecule has 1 fully saturated rings. The predicted molar refractivity (Wildman–Crippen MR) is 75.2 cm³/mol. The highest BCUT2D eigenvalue weighted by Gasteiger charge is 2.14. The Bertz CT molecular complexity index is 360. The average molecular weight is 249 g/mol. The van der Waals surface area contributed by atoms with Gasteiger partial charge >= 0.3 is 0 Å². The number of nitrogens with zero attached hydrogens (tertiary/aromatic N) is 2. The molecule has 1 N–H and O–H groups in total. The molecule has 1 aliphatic rings. The van der Waals surface area contributed by atoms with Crippen LogP contribution in [0.2, 0.25) is 0 Å². The summed E-state index contributed by atoms with van der Waals surface area (Å²) < 4.78 is 5.30. The first-order valence-corrected chi connectivity index (χ1v) is 6.71. The standard InChI is InChI=1S/C14H23N3O/c1-11(12(2)18-3)16-13-6-7-14(15-10-13)17-8-4-5-9-17/h6-7,10-12,16H,4-5,8-9H2,1-3H3. The molecule has 100 valence electrons. The predicted octanol–water partition coefficient (Wildman–Crippen LogP) is 2.52. The first kappa shape index (κ1) is 13.1. The molecule has 2 atom stereocenters. The fraction of sp³-hybridized carbons (Fsp3) is 0.643. The van der Waals surface area contributed by atoms with Gasteiger partial charge in [0.15, 0.2) is 0 Å². The van der Waals surface area contributed by atoms with Crippen LogP contribution in [0.3, 0.4) is 0 Å². The molecule has 0 aliphatic carbocycles. The van der Waals surface area contributed by atoms with Gasteiger partial charge in [-0.05, 0) is 38.8 Å². The Morgan fingerprint density at radius 1 is 1.28 bits per heavy atom. The van der Waals surface area contributed by atoms with Crippen molar-refractivity contribution in [1.82, 2.24) is 4.98 Å². The maximum absolute atomic E-state index is 5.30. The lowest BCUT2D eigenvalue weighted by atomic mass is 10.2. The molecule has 0 amide bonds. The highest BCUT2D eigenvalue weighted by molar-refractivity contribution is 5.49. The van der Waals surface area contributed by atoms with Crippen LogP contribution in [0.4, 0.5) is 11.5 Å². The van der Waals surface area contributed by atoms with E-state index < -0.39 is 0 Å². The fourth-order valence-electron chi connectivity index (χ4n) is 2.19. The molecule has 0 bridgehead atoms. The van der Waals surface area contributed by atoms with Gasteiger partial charge in [-0.15, -0.1) is 0 Å². The van der Waals surface area contributed by atoms with Crippen LogP contribution in [0.15, 0.2) is 18.3 Å². The van der Waals surface area contributed by atoms with E-state index in [0.29, 0.717) is 0 Å². The number of methoxy groups -OCH3 is 1. The smallest absolute Gasteiger partial charge is 0.128 e. The molecule has 2 heterocycles. The lowest BCUT2D eigenvalue weighted by Gasteiger charge is -2.21. The topological polar surface area (TPSA) is 37.4 Å². The van der Waals surface area contributed by atoms with Gasteiger partial charge in [0.1, 0.15) is 5.82 Å². The van der Waals surface area contributed by atoms with Crippen molar-refractivity contribution in [2.45, 2.75) is 38.8 Å². The maximum Gasteiger partial charge on any atom is 0.128 e. The molecule has 18 heavy (non-hydrogen) atoms. The molecule has 2 rings (SSSR count). The number of aromatic nitrogens is 1. The van der Waals surface area contributed by atoms with Gasteiger partial charge in [-0.3, -0.25) is 0 Å². The highest BCUT2D eigenvalue weighted by Crippen LogP contribution is 2.19. The zero-order valence-electron chi connectivity index (χ0n) is 11.5. The Morgan fingerprint density at radius 2 is 2.00 bits per heavy atom. The number of ether oxygens (including phenoxy) is 1. The minimum absolute atomic E-state index is 0.184. The Morgan fingerprint density at radius 3 is 2.56 bits per heavy atom. The zero-order valence-corrected chi connectivity index (χ0v) is 11.5. The number of rotatable bonds is 5. The molecule has 1 aromatic heterocycles. The van der Waals surface area contributed by atoms with Crippen molar-refractivity contribution in [3.63, 3.8) is 0 Å². The van der Waals surface area contributed by atoms with Crippen LogP contribution in [0.1, 0.15) is 26.7 Å². The van der Waals surface area contributed by atoms with Crippen LogP contribution in [0.5, 0.6) is 0 Å². The lowest BCUT2D eigenvalue weighted by molar-refractivity contribution is 0.106. The summed E-state index contributed by atoms with van der Waals surface area (Å²) in [5.74, 6) is 1.09. The van der Waals surface area contributed by atoms with E-state index in [9.17, 15) is 0 Å². The van der Waals surface area contributed by atoms with Gasteiger partial charge in [-0.25, -0.2) is 4.98 Å². The van der Waals surface area contributed by atoms with E-state index >= 15 is 0 Å². The SMILES string of the molecule is COC(C)C(C)Nc1ccc(N2CCCC2)nc1. The van der Waals surface area contributed by atoms with E-state index in [1.807, 2.05) is 6.20 Å². The van der Waals surface area contributed by atoms with Crippen LogP contribution >= 0.6 is 0 Å². The molecule has 0 saturated carbocycles. The van der Waals surface area contributed by atoms with Crippen molar-refractivity contribution in [2.24, 2.45) is 0 Å². The third-order valence-corrected chi connectivity index (χ3v) is 3.65. The second kappa shape index (κ2) is 6.05. The first-order valence-electron chi connectivity index (χ1n) is 6.71. The minimum Gasteiger partial charge on any atom is -0.380 e. The van der Waals surface area contributed by atoms with Gasteiger partial charge in [-0.1, -0.05) is 0 Å².